The number of hydrogen-bond acceptors (Lipinski definition) is 6. The Labute approximate surface area is 241 Å². The SMILES string of the molecule is CO[C@H]1C(O)=C2C(=O)OC(C)=CC=CC=CC=CCC(c3ccccc3)NC(=O)C=CC=CC=CC=C[C@@]2(C)[C@@H]1O. The maximum Gasteiger partial charge on any atom is 0.343 e. The van der Waals surface area contributed by atoms with E-state index in [-0.39, 0.29) is 23.3 Å². The van der Waals surface area contributed by atoms with E-state index in [1.807, 2.05) is 54.6 Å². The number of ether oxygens (including phenoxy) is 2. The van der Waals surface area contributed by atoms with Gasteiger partial charge in [0.1, 0.15) is 23.7 Å². The summed E-state index contributed by atoms with van der Waals surface area (Å²) < 4.78 is 10.7. The first kappa shape index (κ1) is 31.1. The Balaban J connectivity index is 1.88. The highest BCUT2D eigenvalue weighted by Crippen LogP contribution is 2.45. The zero-order chi connectivity index (χ0) is 29.7. The van der Waals surface area contributed by atoms with E-state index in [2.05, 4.69) is 5.32 Å². The van der Waals surface area contributed by atoms with Gasteiger partial charge in [0.15, 0.2) is 0 Å². The first-order valence-corrected chi connectivity index (χ1v) is 13.4. The van der Waals surface area contributed by atoms with Gasteiger partial charge in [-0.25, -0.2) is 4.79 Å². The van der Waals surface area contributed by atoms with Crippen LogP contribution in [0.15, 0.2) is 139 Å². The second-order valence-corrected chi connectivity index (χ2v) is 9.70. The summed E-state index contributed by atoms with van der Waals surface area (Å²) in [6.07, 6.45) is 24.3. The van der Waals surface area contributed by atoms with Crippen LogP contribution in [-0.2, 0) is 19.1 Å². The summed E-state index contributed by atoms with van der Waals surface area (Å²) >= 11 is 0. The number of hydrogen-bond donors (Lipinski definition) is 3. The molecular weight excluding hydrogens is 518 g/mol. The van der Waals surface area contributed by atoms with Crippen LogP contribution in [0.1, 0.15) is 31.9 Å². The van der Waals surface area contributed by atoms with Gasteiger partial charge in [0.25, 0.3) is 0 Å². The molecule has 0 saturated carbocycles. The van der Waals surface area contributed by atoms with Crippen molar-refractivity contribution in [3.63, 3.8) is 0 Å². The Hall–Kier alpha value is -4.46. The molecule has 0 fully saturated rings. The van der Waals surface area contributed by atoms with Crippen molar-refractivity contribution in [3.05, 3.63) is 144 Å². The highest BCUT2D eigenvalue weighted by atomic mass is 16.5. The van der Waals surface area contributed by atoms with E-state index < -0.39 is 23.6 Å². The van der Waals surface area contributed by atoms with Gasteiger partial charge in [-0.3, -0.25) is 4.79 Å². The van der Waals surface area contributed by atoms with Gasteiger partial charge in [0.2, 0.25) is 5.91 Å². The quantitative estimate of drug-likeness (QED) is 0.399. The van der Waals surface area contributed by atoms with Gasteiger partial charge in [-0.1, -0.05) is 109 Å². The number of allylic oxidation sites excluding steroid dienone is 13. The summed E-state index contributed by atoms with van der Waals surface area (Å²) in [4.78, 5) is 25.7. The van der Waals surface area contributed by atoms with Crippen LogP contribution in [0.4, 0.5) is 0 Å². The topological polar surface area (TPSA) is 105 Å². The van der Waals surface area contributed by atoms with E-state index in [0.29, 0.717) is 12.2 Å². The van der Waals surface area contributed by atoms with Crippen molar-refractivity contribution in [1.29, 1.82) is 0 Å². The number of rotatable bonds is 2. The standard InChI is InChI=1S/C34H37NO6/c1-25-19-13-8-4-5-9-16-22-27(26-20-14-12-15-21-26)35-28(36)23-17-10-6-7-11-18-24-34(2)29(33(39)41-25)30(37)31(40-3)32(34)38/h4-21,23-24,27,31-32,37-38H,22H2,1-3H3,(H,35,36)/t27?,31-,32+,34+/m0/s1. The molecule has 1 aliphatic carbocycles. The molecule has 2 aliphatic rings. The minimum atomic E-state index is -1.26. The summed E-state index contributed by atoms with van der Waals surface area (Å²) in [6.45, 7) is 3.26. The third kappa shape index (κ3) is 8.51. The molecule has 4 atom stereocenters. The molecule has 1 aromatic rings. The molecule has 1 unspecified atom stereocenters. The Morgan fingerprint density at radius 2 is 1.56 bits per heavy atom. The molecule has 1 aliphatic heterocycles. The number of methoxy groups -OCH3 is 1. The molecule has 41 heavy (non-hydrogen) atoms. The summed E-state index contributed by atoms with van der Waals surface area (Å²) in [5.74, 6) is -1.04. The number of cyclic esters (lactones) is 1. The van der Waals surface area contributed by atoms with E-state index >= 15 is 0 Å². The lowest BCUT2D eigenvalue weighted by atomic mass is 9.80. The van der Waals surface area contributed by atoms with Crippen LogP contribution in [0.3, 0.4) is 0 Å². The maximum atomic E-state index is 13.1. The van der Waals surface area contributed by atoms with Crippen LogP contribution in [0.5, 0.6) is 0 Å². The second kappa shape index (κ2) is 15.4. The van der Waals surface area contributed by atoms with Gasteiger partial charge >= 0.3 is 5.97 Å². The van der Waals surface area contributed by atoms with Crippen molar-refractivity contribution in [1.82, 2.24) is 5.32 Å². The monoisotopic (exact) mass is 555 g/mol. The Morgan fingerprint density at radius 1 is 0.927 bits per heavy atom. The predicted octanol–water partition coefficient (Wildman–Crippen LogP) is 5.80. The maximum absolute atomic E-state index is 13.1. The number of aliphatic hydroxyl groups is 2. The van der Waals surface area contributed by atoms with Crippen molar-refractivity contribution < 1.29 is 29.3 Å². The fourth-order valence-electron chi connectivity index (χ4n) is 4.52. The molecule has 0 aromatic heterocycles. The highest BCUT2D eigenvalue weighted by molar-refractivity contribution is 5.93. The number of amides is 1. The van der Waals surface area contributed by atoms with Crippen molar-refractivity contribution in [2.75, 3.05) is 7.11 Å². The molecule has 3 rings (SSSR count). The molecule has 0 spiro atoms. The number of aliphatic hydroxyl groups excluding tert-OH is 2. The van der Waals surface area contributed by atoms with Crippen LogP contribution < -0.4 is 5.32 Å². The lowest BCUT2D eigenvalue weighted by molar-refractivity contribution is -0.136. The highest BCUT2D eigenvalue weighted by Gasteiger charge is 2.53. The first-order valence-electron chi connectivity index (χ1n) is 13.4. The third-order valence-electron chi connectivity index (χ3n) is 6.72. The number of esters is 1. The first-order chi connectivity index (χ1) is 19.8. The molecular formula is C34H37NO6. The molecule has 7 nitrogen and oxygen atoms in total. The summed E-state index contributed by atoms with van der Waals surface area (Å²) in [5, 5.41) is 24.7. The van der Waals surface area contributed by atoms with Gasteiger partial charge in [-0.2, -0.15) is 0 Å². The van der Waals surface area contributed by atoms with Gasteiger partial charge in [0, 0.05) is 13.2 Å². The largest absolute Gasteiger partial charge is 0.509 e. The average Bonchev–Trinajstić information content (AvgIpc) is 3.14. The van der Waals surface area contributed by atoms with E-state index in [9.17, 15) is 19.8 Å². The van der Waals surface area contributed by atoms with Crippen molar-refractivity contribution in [2.45, 2.75) is 38.5 Å². The van der Waals surface area contributed by atoms with Crippen LogP contribution in [0.25, 0.3) is 0 Å². The van der Waals surface area contributed by atoms with Crippen LogP contribution in [0.2, 0.25) is 0 Å². The summed E-state index contributed by atoms with van der Waals surface area (Å²) in [5.41, 5.74) is -0.327. The Kier molecular flexibility index (Phi) is 11.6. The Morgan fingerprint density at radius 3 is 2.27 bits per heavy atom. The lowest BCUT2D eigenvalue weighted by Crippen LogP contribution is -2.37. The normalized spacial score (nSPS) is 26.3. The minimum absolute atomic E-state index is 0.0731. The zero-order valence-electron chi connectivity index (χ0n) is 23.5. The summed E-state index contributed by atoms with van der Waals surface area (Å²) in [7, 11) is 1.35. The Bertz CT molecular complexity index is 1340. The fourth-order valence-corrected chi connectivity index (χ4v) is 4.52. The number of carbonyl (C=O) groups excluding carboxylic acids is 2. The van der Waals surface area contributed by atoms with Gasteiger partial charge in [-0.05, 0) is 31.9 Å². The predicted molar refractivity (Wildman–Crippen MR) is 160 cm³/mol. The van der Waals surface area contributed by atoms with Gasteiger partial charge in [-0.15, -0.1) is 0 Å². The number of benzene rings is 1. The second-order valence-electron chi connectivity index (χ2n) is 9.70. The molecule has 214 valence electrons. The van der Waals surface area contributed by atoms with Gasteiger partial charge < -0.3 is 25.0 Å². The van der Waals surface area contributed by atoms with Gasteiger partial charge in [0.05, 0.1) is 17.0 Å². The molecule has 0 saturated heterocycles. The lowest BCUT2D eigenvalue weighted by Gasteiger charge is -2.28. The molecule has 7 heteroatoms. The van der Waals surface area contributed by atoms with E-state index in [0.717, 1.165) is 5.56 Å². The van der Waals surface area contributed by atoms with Crippen molar-refractivity contribution in [3.8, 4) is 0 Å². The molecule has 1 heterocycles. The molecule has 0 bridgehead atoms. The number of carbonyl (C=O) groups is 2. The van der Waals surface area contributed by atoms with E-state index in [1.165, 1.54) is 13.2 Å². The molecule has 1 aromatic carbocycles. The summed E-state index contributed by atoms with van der Waals surface area (Å²) in [6, 6.07) is 9.60. The molecule has 3 N–H and O–H groups in total. The van der Waals surface area contributed by atoms with Crippen molar-refractivity contribution >= 4 is 11.9 Å². The van der Waals surface area contributed by atoms with Crippen LogP contribution in [-0.4, -0.2) is 41.4 Å². The van der Waals surface area contributed by atoms with Crippen molar-refractivity contribution in [2.24, 2.45) is 5.41 Å². The van der Waals surface area contributed by atoms with E-state index in [1.54, 1.807) is 74.6 Å². The third-order valence-corrected chi connectivity index (χ3v) is 6.72. The molecule has 0 radical (unpaired) electrons. The minimum Gasteiger partial charge on any atom is -0.509 e. The number of nitrogens with one attached hydrogen (secondary N) is 1. The van der Waals surface area contributed by atoms with Crippen LogP contribution >= 0.6 is 0 Å². The fraction of sp³-hybridized carbons (Fsp3) is 0.235. The number of fused-ring (bicyclic) bond motifs is 1. The average molecular weight is 556 g/mol. The van der Waals surface area contributed by atoms with E-state index in [4.69, 9.17) is 9.47 Å². The zero-order valence-corrected chi connectivity index (χ0v) is 23.5. The smallest absolute Gasteiger partial charge is 0.343 e. The molecule has 1 amide bonds. The van der Waals surface area contributed by atoms with Crippen LogP contribution in [0, 0.1) is 5.41 Å².